The van der Waals surface area contributed by atoms with E-state index in [-0.39, 0.29) is 10.5 Å². The van der Waals surface area contributed by atoms with Crippen LogP contribution in [0.1, 0.15) is 11.7 Å². The first kappa shape index (κ1) is 16.2. The molecule has 0 aliphatic heterocycles. The van der Waals surface area contributed by atoms with E-state index in [1.54, 1.807) is 36.4 Å². The molecule has 0 saturated carbocycles. The molecule has 0 amide bonds. The van der Waals surface area contributed by atoms with Gasteiger partial charge in [0.25, 0.3) is 0 Å². The predicted octanol–water partition coefficient (Wildman–Crippen LogP) is 2.81. The maximum Gasteiger partial charge on any atom is 0.355 e. The van der Waals surface area contributed by atoms with Gasteiger partial charge in [-0.05, 0) is 28.5 Å². The SMILES string of the molecule is O=C(OS(=O)(=O)c1ccc2ccccc2c1)[C@H](O)c1ccccc1. The fraction of sp³-hybridized carbons (Fsp3) is 0.0556. The number of fused-ring (bicyclic) bond motifs is 1. The van der Waals surface area contributed by atoms with Gasteiger partial charge in [-0.15, -0.1) is 0 Å². The summed E-state index contributed by atoms with van der Waals surface area (Å²) in [6, 6.07) is 19.6. The van der Waals surface area contributed by atoms with E-state index in [9.17, 15) is 18.3 Å². The topological polar surface area (TPSA) is 80.7 Å². The Bertz CT molecular complexity index is 980. The van der Waals surface area contributed by atoms with Crippen LogP contribution in [0.5, 0.6) is 0 Å². The zero-order valence-electron chi connectivity index (χ0n) is 12.5. The molecule has 0 radical (unpaired) electrons. The summed E-state index contributed by atoms with van der Waals surface area (Å²) in [6.07, 6.45) is -1.67. The maximum absolute atomic E-state index is 12.3. The van der Waals surface area contributed by atoms with Gasteiger partial charge in [0.2, 0.25) is 0 Å². The molecule has 0 unspecified atom stereocenters. The molecule has 0 aromatic heterocycles. The highest BCUT2D eigenvalue weighted by Crippen LogP contribution is 2.22. The molecule has 0 heterocycles. The molecule has 1 atom stereocenters. The van der Waals surface area contributed by atoms with Gasteiger partial charge in [0, 0.05) is 0 Å². The van der Waals surface area contributed by atoms with Crippen LogP contribution in [-0.4, -0.2) is 19.5 Å². The third-order valence-electron chi connectivity index (χ3n) is 3.54. The van der Waals surface area contributed by atoms with Crippen molar-refractivity contribution in [3.63, 3.8) is 0 Å². The summed E-state index contributed by atoms with van der Waals surface area (Å²) in [5.41, 5.74) is 0.260. The fourth-order valence-corrected chi connectivity index (χ4v) is 3.21. The van der Waals surface area contributed by atoms with Gasteiger partial charge in [-0.3, -0.25) is 0 Å². The van der Waals surface area contributed by atoms with Crippen LogP contribution in [0.15, 0.2) is 77.7 Å². The number of carbonyl (C=O) groups is 1. The van der Waals surface area contributed by atoms with E-state index in [1.807, 2.05) is 12.1 Å². The summed E-state index contributed by atoms with van der Waals surface area (Å²) in [5, 5.41) is 11.5. The van der Waals surface area contributed by atoms with E-state index >= 15 is 0 Å². The highest BCUT2D eigenvalue weighted by atomic mass is 32.2. The van der Waals surface area contributed by atoms with Gasteiger partial charge in [0.15, 0.2) is 6.10 Å². The highest BCUT2D eigenvalue weighted by molar-refractivity contribution is 7.87. The predicted molar refractivity (Wildman–Crippen MR) is 88.6 cm³/mol. The summed E-state index contributed by atoms with van der Waals surface area (Å²) in [5.74, 6) is -1.24. The lowest BCUT2D eigenvalue weighted by Gasteiger charge is -2.11. The van der Waals surface area contributed by atoms with Crippen LogP contribution in [-0.2, 0) is 19.1 Å². The minimum Gasteiger partial charge on any atom is -0.377 e. The minimum atomic E-state index is -4.31. The Morgan fingerprint density at radius 2 is 1.50 bits per heavy atom. The van der Waals surface area contributed by atoms with E-state index in [2.05, 4.69) is 4.18 Å². The number of aliphatic hydroxyl groups excluding tert-OH is 1. The zero-order chi connectivity index (χ0) is 17.2. The van der Waals surface area contributed by atoms with Crippen LogP contribution >= 0.6 is 0 Å². The highest BCUT2D eigenvalue weighted by Gasteiger charge is 2.26. The summed E-state index contributed by atoms with van der Waals surface area (Å²) in [4.78, 5) is 11.8. The summed E-state index contributed by atoms with van der Waals surface area (Å²) < 4.78 is 29.1. The minimum absolute atomic E-state index is 0.144. The molecule has 3 aromatic rings. The lowest BCUT2D eigenvalue weighted by Crippen LogP contribution is -2.20. The summed E-state index contributed by atoms with van der Waals surface area (Å²) in [6.45, 7) is 0. The van der Waals surface area contributed by atoms with Crippen molar-refractivity contribution < 1.29 is 22.5 Å². The average molecular weight is 342 g/mol. The van der Waals surface area contributed by atoms with Gasteiger partial charge in [0.1, 0.15) is 4.90 Å². The molecule has 3 rings (SSSR count). The smallest absolute Gasteiger partial charge is 0.355 e. The van der Waals surface area contributed by atoms with E-state index < -0.39 is 22.2 Å². The second-order valence-electron chi connectivity index (χ2n) is 5.18. The van der Waals surface area contributed by atoms with Crippen LogP contribution < -0.4 is 0 Å². The normalized spacial score (nSPS) is 12.7. The zero-order valence-corrected chi connectivity index (χ0v) is 13.3. The summed E-state index contributed by atoms with van der Waals surface area (Å²) in [7, 11) is -4.31. The van der Waals surface area contributed by atoms with Crippen molar-refractivity contribution in [2.45, 2.75) is 11.0 Å². The summed E-state index contributed by atoms with van der Waals surface area (Å²) >= 11 is 0. The molecule has 24 heavy (non-hydrogen) atoms. The van der Waals surface area contributed by atoms with E-state index in [4.69, 9.17) is 0 Å². The Hall–Kier alpha value is -2.70. The first-order chi connectivity index (χ1) is 11.5. The van der Waals surface area contributed by atoms with Crippen molar-refractivity contribution in [2.75, 3.05) is 0 Å². The number of aliphatic hydroxyl groups is 1. The number of rotatable bonds is 4. The first-order valence-electron chi connectivity index (χ1n) is 7.17. The molecule has 0 fully saturated rings. The Morgan fingerprint density at radius 1 is 0.875 bits per heavy atom. The third kappa shape index (κ3) is 3.29. The number of carbonyl (C=O) groups excluding carboxylic acids is 1. The lowest BCUT2D eigenvalue weighted by molar-refractivity contribution is -0.143. The second kappa shape index (κ2) is 6.43. The van der Waals surface area contributed by atoms with Gasteiger partial charge in [-0.25, -0.2) is 4.79 Å². The van der Waals surface area contributed by atoms with Gasteiger partial charge in [0.05, 0.1) is 0 Å². The number of benzene rings is 3. The number of hydrogen-bond donors (Lipinski definition) is 1. The largest absolute Gasteiger partial charge is 0.377 e. The van der Waals surface area contributed by atoms with Gasteiger partial charge < -0.3 is 9.29 Å². The van der Waals surface area contributed by atoms with Crippen molar-refractivity contribution in [3.8, 4) is 0 Å². The monoisotopic (exact) mass is 342 g/mol. The molecule has 0 aliphatic rings. The Morgan fingerprint density at radius 3 is 2.21 bits per heavy atom. The Balaban J connectivity index is 1.85. The molecule has 0 saturated heterocycles. The first-order valence-corrected chi connectivity index (χ1v) is 8.58. The maximum atomic E-state index is 12.3. The molecule has 122 valence electrons. The van der Waals surface area contributed by atoms with E-state index in [0.717, 1.165) is 5.39 Å². The Labute approximate surface area is 139 Å². The number of hydrogen-bond acceptors (Lipinski definition) is 5. The van der Waals surface area contributed by atoms with Crippen LogP contribution in [0.4, 0.5) is 0 Å². The van der Waals surface area contributed by atoms with Crippen molar-refractivity contribution in [1.82, 2.24) is 0 Å². The van der Waals surface area contributed by atoms with Crippen molar-refractivity contribution in [1.29, 1.82) is 0 Å². The molecule has 0 spiro atoms. The molecular formula is C18H14O5S. The quantitative estimate of drug-likeness (QED) is 0.738. The lowest BCUT2D eigenvalue weighted by atomic mass is 10.1. The molecule has 6 heteroatoms. The second-order valence-corrected chi connectivity index (χ2v) is 6.72. The molecule has 1 N–H and O–H groups in total. The molecular weight excluding hydrogens is 328 g/mol. The van der Waals surface area contributed by atoms with Crippen molar-refractivity contribution in [2.24, 2.45) is 0 Å². The van der Waals surface area contributed by atoms with Gasteiger partial charge in [-0.1, -0.05) is 60.7 Å². The van der Waals surface area contributed by atoms with Crippen LogP contribution in [0.3, 0.4) is 0 Å². The average Bonchev–Trinajstić information content (AvgIpc) is 2.61. The van der Waals surface area contributed by atoms with Gasteiger partial charge in [-0.2, -0.15) is 8.42 Å². The molecule has 5 nitrogen and oxygen atoms in total. The van der Waals surface area contributed by atoms with Crippen molar-refractivity contribution >= 4 is 26.9 Å². The molecule has 3 aromatic carbocycles. The third-order valence-corrected chi connectivity index (χ3v) is 4.75. The van der Waals surface area contributed by atoms with Crippen LogP contribution in [0.25, 0.3) is 10.8 Å². The molecule has 0 aliphatic carbocycles. The molecule has 0 bridgehead atoms. The van der Waals surface area contributed by atoms with E-state index in [1.165, 1.54) is 24.3 Å². The van der Waals surface area contributed by atoms with E-state index in [0.29, 0.717) is 5.39 Å². The standard InChI is InChI=1S/C18H14O5S/c19-17(14-7-2-1-3-8-14)18(20)23-24(21,22)16-11-10-13-6-4-5-9-15(13)12-16/h1-12,17,19H/t17-/m1/s1. The van der Waals surface area contributed by atoms with Crippen LogP contribution in [0, 0.1) is 0 Å². The Kier molecular flexibility index (Phi) is 4.33. The van der Waals surface area contributed by atoms with Crippen LogP contribution in [0.2, 0.25) is 0 Å². The van der Waals surface area contributed by atoms with Gasteiger partial charge >= 0.3 is 16.1 Å². The van der Waals surface area contributed by atoms with Crippen molar-refractivity contribution in [3.05, 3.63) is 78.4 Å². The fourth-order valence-electron chi connectivity index (χ4n) is 2.30.